The maximum Gasteiger partial charge on any atom is 0.255 e. The fourth-order valence-corrected chi connectivity index (χ4v) is 3.16. The summed E-state index contributed by atoms with van der Waals surface area (Å²) >= 11 is 0. The summed E-state index contributed by atoms with van der Waals surface area (Å²) in [6, 6.07) is 5.36. The lowest BCUT2D eigenvalue weighted by atomic mass is 10.0. The van der Waals surface area contributed by atoms with Crippen molar-refractivity contribution < 1.29 is 14.4 Å². The molecule has 20 heavy (non-hydrogen) atoms. The highest BCUT2D eigenvalue weighted by Gasteiger charge is 2.37. The van der Waals surface area contributed by atoms with Gasteiger partial charge in [-0.1, -0.05) is 18.2 Å². The lowest BCUT2D eigenvalue weighted by Crippen LogP contribution is -2.40. The monoisotopic (exact) mass is 271 g/mol. The van der Waals surface area contributed by atoms with Crippen LogP contribution in [0.2, 0.25) is 0 Å². The van der Waals surface area contributed by atoms with Gasteiger partial charge < -0.3 is 4.90 Å². The molecule has 1 heterocycles. The van der Waals surface area contributed by atoms with Crippen LogP contribution in [0.4, 0.5) is 0 Å². The van der Waals surface area contributed by atoms with Crippen molar-refractivity contribution in [2.45, 2.75) is 45.2 Å². The predicted octanol–water partition coefficient (Wildman–Crippen LogP) is 2.03. The third-order valence-corrected chi connectivity index (χ3v) is 4.27. The van der Waals surface area contributed by atoms with Crippen molar-refractivity contribution in [2.75, 3.05) is 0 Å². The van der Waals surface area contributed by atoms with Gasteiger partial charge >= 0.3 is 0 Å². The lowest BCUT2D eigenvalue weighted by Gasteiger charge is -2.25. The van der Waals surface area contributed by atoms with Gasteiger partial charge in [-0.05, 0) is 24.5 Å². The van der Waals surface area contributed by atoms with Crippen LogP contribution in [-0.4, -0.2) is 28.4 Å². The molecule has 1 fully saturated rings. The third-order valence-electron chi connectivity index (χ3n) is 4.27. The number of fused-ring (bicyclic) bond motifs is 1. The first kappa shape index (κ1) is 13.0. The molecule has 1 aliphatic carbocycles. The third kappa shape index (κ3) is 2.05. The highest BCUT2D eigenvalue weighted by Crippen LogP contribution is 2.30. The summed E-state index contributed by atoms with van der Waals surface area (Å²) in [5, 5.41) is 0. The Hall–Kier alpha value is -1.97. The molecule has 0 aromatic heterocycles. The Balaban J connectivity index is 1.90. The first-order valence-corrected chi connectivity index (χ1v) is 7.02. The van der Waals surface area contributed by atoms with Crippen LogP contribution in [0.5, 0.6) is 0 Å². The summed E-state index contributed by atoms with van der Waals surface area (Å²) in [7, 11) is 0. The molecule has 104 valence electrons. The van der Waals surface area contributed by atoms with Crippen LogP contribution in [-0.2, 0) is 16.1 Å². The van der Waals surface area contributed by atoms with Gasteiger partial charge in [-0.25, -0.2) is 0 Å². The Morgan fingerprint density at radius 1 is 1.10 bits per heavy atom. The number of carbonyl (C=O) groups is 3. The van der Waals surface area contributed by atoms with Crippen molar-refractivity contribution in [3.8, 4) is 0 Å². The van der Waals surface area contributed by atoms with Gasteiger partial charge in [0.25, 0.3) is 5.91 Å². The van der Waals surface area contributed by atoms with Crippen molar-refractivity contribution in [3.05, 3.63) is 34.9 Å². The standard InChI is InChI=1S/C16H17NO3/c1-10-3-2-4-11-9-17(16(20)15(10)11)13-7-5-12(18)6-8-14(13)19/h2-4,13H,5-9H2,1H3. The number of Topliss-reactive ketones (excluding diaryl/α,β-unsaturated/α-hetero) is 2. The molecule has 1 unspecified atom stereocenters. The number of aryl methyl sites for hydroxylation is 1. The van der Waals surface area contributed by atoms with E-state index in [0.717, 1.165) is 16.7 Å². The van der Waals surface area contributed by atoms with E-state index in [0.29, 0.717) is 25.8 Å². The minimum Gasteiger partial charge on any atom is -0.324 e. The number of benzene rings is 1. The Morgan fingerprint density at radius 2 is 1.90 bits per heavy atom. The number of ketones is 2. The summed E-state index contributed by atoms with van der Waals surface area (Å²) in [6.45, 7) is 2.40. The SMILES string of the molecule is Cc1cccc2c1C(=O)N(C1CCC(=O)CCC1=O)C2. The van der Waals surface area contributed by atoms with Gasteiger partial charge in [-0.3, -0.25) is 14.4 Å². The van der Waals surface area contributed by atoms with Gasteiger partial charge in [0, 0.05) is 31.4 Å². The van der Waals surface area contributed by atoms with Crippen molar-refractivity contribution in [3.63, 3.8) is 0 Å². The zero-order valence-corrected chi connectivity index (χ0v) is 11.5. The van der Waals surface area contributed by atoms with Gasteiger partial charge in [-0.15, -0.1) is 0 Å². The molecular formula is C16H17NO3. The summed E-state index contributed by atoms with van der Waals surface area (Å²) < 4.78 is 0. The highest BCUT2D eigenvalue weighted by molar-refractivity contribution is 6.03. The zero-order valence-electron chi connectivity index (χ0n) is 11.5. The molecule has 0 bridgehead atoms. The Bertz CT molecular complexity index is 606. The van der Waals surface area contributed by atoms with Gasteiger partial charge in [0.2, 0.25) is 0 Å². The normalized spacial score (nSPS) is 22.9. The molecule has 1 aromatic rings. The van der Waals surface area contributed by atoms with E-state index in [4.69, 9.17) is 0 Å². The number of hydrogen-bond acceptors (Lipinski definition) is 3. The maximum absolute atomic E-state index is 12.5. The van der Waals surface area contributed by atoms with Crippen molar-refractivity contribution in [2.24, 2.45) is 0 Å². The molecule has 0 radical (unpaired) electrons. The van der Waals surface area contributed by atoms with E-state index in [-0.39, 0.29) is 23.9 Å². The first-order valence-electron chi connectivity index (χ1n) is 7.02. The van der Waals surface area contributed by atoms with Crippen molar-refractivity contribution in [1.82, 2.24) is 4.90 Å². The summed E-state index contributed by atoms with van der Waals surface area (Å²) in [6.07, 6.45) is 1.46. The zero-order chi connectivity index (χ0) is 14.3. The fourth-order valence-electron chi connectivity index (χ4n) is 3.16. The van der Waals surface area contributed by atoms with Gasteiger partial charge in [-0.2, -0.15) is 0 Å². The number of amides is 1. The average molecular weight is 271 g/mol. The molecule has 1 atom stereocenters. The average Bonchev–Trinajstić information content (AvgIpc) is 2.66. The lowest BCUT2D eigenvalue weighted by molar-refractivity contribution is -0.124. The fraction of sp³-hybridized carbons (Fsp3) is 0.438. The minimum absolute atomic E-state index is 0.0228. The quantitative estimate of drug-likeness (QED) is 0.734. The number of rotatable bonds is 1. The molecule has 4 nitrogen and oxygen atoms in total. The van der Waals surface area contributed by atoms with E-state index in [2.05, 4.69) is 0 Å². The van der Waals surface area contributed by atoms with Crippen LogP contribution >= 0.6 is 0 Å². The van der Waals surface area contributed by atoms with E-state index >= 15 is 0 Å². The second-order valence-corrected chi connectivity index (χ2v) is 5.60. The minimum atomic E-state index is -0.430. The van der Waals surface area contributed by atoms with Crippen molar-refractivity contribution >= 4 is 17.5 Å². The molecule has 1 aromatic carbocycles. The molecule has 0 N–H and O–H groups in total. The number of nitrogens with zero attached hydrogens (tertiary/aromatic N) is 1. The molecular weight excluding hydrogens is 254 g/mol. The van der Waals surface area contributed by atoms with Crippen LogP contribution in [0.15, 0.2) is 18.2 Å². The maximum atomic E-state index is 12.5. The Kier molecular flexibility index (Phi) is 3.16. The molecule has 0 saturated heterocycles. The van der Waals surface area contributed by atoms with Gasteiger partial charge in [0.05, 0.1) is 6.04 Å². The second kappa shape index (κ2) is 4.85. The topological polar surface area (TPSA) is 54.5 Å². The predicted molar refractivity (Wildman–Crippen MR) is 73.3 cm³/mol. The molecule has 0 spiro atoms. The van der Waals surface area contributed by atoms with Crippen LogP contribution in [0.25, 0.3) is 0 Å². The molecule has 2 aliphatic rings. The van der Waals surface area contributed by atoms with E-state index in [1.807, 2.05) is 25.1 Å². The van der Waals surface area contributed by atoms with E-state index < -0.39 is 6.04 Å². The smallest absolute Gasteiger partial charge is 0.255 e. The largest absolute Gasteiger partial charge is 0.324 e. The summed E-state index contributed by atoms with van der Waals surface area (Å²) in [5.41, 5.74) is 2.67. The number of hydrogen-bond donors (Lipinski definition) is 0. The summed E-state index contributed by atoms with van der Waals surface area (Å²) in [4.78, 5) is 37.9. The first-order chi connectivity index (χ1) is 9.58. The van der Waals surface area contributed by atoms with E-state index in [1.54, 1.807) is 4.90 Å². The molecule has 4 heteroatoms. The Morgan fingerprint density at radius 3 is 2.65 bits per heavy atom. The number of carbonyl (C=O) groups excluding carboxylic acids is 3. The van der Waals surface area contributed by atoms with E-state index in [9.17, 15) is 14.4 Å². The van der Waals surface area contributed by atoms with Crippen LogP contribution < -0.4 is 0 Å². The molecule has 1 saturated carbocycles. The van der Waals surface area contributed by atoms with Crippen LogP contribution in [0.1, 0.15) is 47.2 Å². The molecule has 1 aliphatic heterocycles. The highest BCUT2D eigenvalue weighted by atomic mass is 16.2. The van der Waals surface area contributed by atoms with Gasteiger partial charge in [0.1, 0.15) is 5.78 Å². The molecule has 3 rings (SSSR count). The summed E-state index contributed by atoms with van der Waals surface area (Å²) in [5.74, 6) is 0.0849. The van der Waals surface area contributed by atoms with Crippen LogP contribution in [0, 0.1) is 6.92 Å². The van der Waals surface area contributed by atoms with E-state index in [1.165, 1.54) is 0 Å². The van der Waals surface area contributed by atoms with Crippen LogP contribution in [0.3, 0.4) is 0 Å². The second-order valence-electron chi connectivity index (χ2n) is 5.60. The van der Waals surface area contributed by atoms with Crippen molar-refractivity contribution in [1.29, 1.82) is 0 Å². The Labute approximate surface area is 117 Å². The molecule has 1 amide bonds. The van der Waals surface area contributed by atoms with Gasteiger partial charge in [0.15, 0.2) is 5.78 Å².